The largest absolute Gasteiger partial charge is 0.0724 e. The van der Waals surface area contributed by atoms with E-state index >= 15 is 0 Å². The van der Waals surface area contributed by atoms with Gasteiger partial charge in [0.05, 0.1) is 0 Å². The van der Waals surface area contributed by atoms with Gasteiger partial charge >= 0.3 is 0 Å². The highest BCUT2D eigenvalue weighted by Crippen LogP contribution is 2.82. The lowest BCUT2D eigenvalue weighted by atomic mass is 9.66. The molecule has 3 aliphatic carbocycles. The molecule has 0 heterocycles. The first-order valence-corrected chi connectivity index (χ1v) is 9.88. The number of benzene rings is 1. The smallest absolute Gasteiger partial charge is 0.0126 e. The first-order chi connectivity index (χ1) is 11.3. The molecule has 0 N–H and O–H groups in total. The standard InChI is InChI=1S/C25H34/c1-15-12-17(23(5,6)7)14-25-20(15)21(25)18-11-10-16(22(2,3)4)13-19(18)24(25,8)9/h10-14,20-21H,1-9H3. The number of allylic oxidation sites excluding steroid dienone is 4. The summed E-state index contributed by atoms with van der Waals surface area (Å²) in [5.74, 6) is 1.39. The molecule has 1 fully saturated rings. The van der Waals surface area contributed by atoms with E-state index in [1.54, 1.807) is 16.7 Å². The van der Waals surface area contributed by atoms with Crippen LogP contribution < -0.4 is 0 Å². The third kappa shape index (κ3) is 2.00. The SMILES string of the molecule is CC1=CC(C(C)(C)C)=CC23C1C2c1ccc(C(C)(C)C)cc1C3(C)C. The molecule has 0 bridgehead atoms. The average molecular weight is 335 g/mol. The van der Waals surface area contributed by atoms with Crippen LogP contribution in [0.4, 0.5) is 0 Å². The Labute approximate surface area is 154 Å². The highest BCUT2D eigenvalue weighted by molar-refractivity contribution is 5.64. The van der Waals surface area contributed by atoms with E-state index in [4.69, 9.17) is 0 Å². The van der Waals surface area contributed by atoms with E-state index in [9.17, 15) is 0 Å². The van der Waals surface area contributed by atoms with Gasteiger partial charge in [-0.1, -0.05) is 91.3 Å². The van der Waals surface area contributed by atoms with Crippen molar-refractivity contribution in [2.75, 3.05) is 0 Å². The van der Waals surface area contributed by atoms with Crippen LogP contribution >= 0.6 is 0 Å². The van der Waals surface area contributed by atoms with Crippen LogP contribution in [0.5, 0.6) is 0 Å². The lowest BCUT2D eigenvalue weighted by molar-refractivity contribution is 0.341. The minimum absolute atomic E-state index is 0.199. The van der Waals surface area contributed by atoms with E-state index < -0.39 is 0 Å². The summed E-state index contributed by atoms with van der Waals surface area (Å²) in [4.78, 5) is 0. The molecule has 3 unspecified atom stereocenters. The van der Waals surface area contributed by atoms with Crippen LogP contribution in [0, 0.1) is 16.7 Å². The Morgan fingerprint density at radius 1 is 0.880 bits per heavy atom. The Morgan fingerprint density at radius 2 is 1.52 bits per heavy atom. The van der Waals surface area contributed by atoms with Crippen molar-refractivity contribution in [1.82, 2.24) is 0 Å². The topological polar surface area (TPSA) is 0 Å². The maximum absolute atomic E-state index is 2.67. The minimum Gasteiger partial charge on any atom is -0.0724 e. The van der Waals surface area contributed by atoms with Crippen LogP contribution in [0.1, 0.15) is 84.9 Å². The molecular formula is C25H34. The van der Waals surface area contributed by atoms with E-state index in [1.807, 2.05) is 0 Å². The quantitative estimate of drug-likeness (QED) is 0.483. The zero-order chi connectivity index (χ0) is 18.6. The van der Waals surface area contributed by atoms with Gasteiger partial charge in [0.15, 0.2) is 0 Å². The summed E-state index contributed by atoms with van der Waals surface area (Å²) in [5.41, 5.74) is 8.73. The van der Waals surface area contributed by atoms with Gasteiger partial charge < -0.3 is 0 Å². The first-order valence-electron chi connectivity index (χ1n) is 9.88. The lowest BCUT2D eigenvalue weighted by Gasteiger charge is -2.37. The van der Waals surface area contributed by atoms with Crippen LogP contribution in [0.15, 0.2) is 41.5 Å². The van der Waals surface area contributed by atoms with E-state index in [0.29, 0.717) is 17.3 Å². The maximum Gasteiger partial charge on any atom is 0.0126 e. The molecule has 134 valence electrons. The third-order valence-corrected chi connectivity index (χ3v) is 7.40. The van der Waals surface area contributed by atoms with E-state index in [1.165, 1.54) is 11.1 Å². The highest BCUT2D eigenvalue weighted by Gasteiger charge is 2.76. The van der Waals surface area contributed by atoms with Crippen molar-refractivity contribution in [3.05, 3.63) is 58.2 Å². The van der Waals surface area contributed by atoms with Gasteiger partial charge in [0.1, 0.15) is 0 Å². The van der Waals surface area contributed by atoms with Crippen LogP contribution in [-0.2, 0) is 10.8 Å². The second-order valence-electron chi connectivity index (χ2n) is 11.3. The minimum atomic E-state index is 0.199. The zero-order valence-corrected chi connectivity index (χ0v) is 17.5. The molecule has 0 radical (unpaired) electrons. The molecule has 1 saturated carbocycles. The van der Waals surface area contributed by atoms with Crippen molar-refractivity contribution in [2.45, 2.75) is 79.1 Å². The fraction of sp³-hybridized carbons (Fsp3) is 0.600. The van der Waals surface area contributed by atoms with Gasteiger partial charge in [-0.05, 0) is 45.9 Å². The Balaban J connectivity index is 1.90. The summed E-state index contributed by atoms with van der Waals surface area (Å²) in [6.45, 7) is 21.4. The Morgan fingerprint density at radius 3 is 2.08 bits per heavy atom. The molecule has 0 aliphatic heterocycles. The molecule has 3 aliphatic rings. The van der Waals surface area contributed by atoms with Gasteiger partial charge in [-0.15, -0.1) is 0 Å². The zero-order valence-electron chi connectivity index (χ0n) is 17.5. The summed E-state index contributed by atoms with van der Waals surface area (Å²) >= 11 is 0. The molecule has 1 aromatic carbocycles. The molecule has 1 spiro atoms. The molecule has 1 aromatic rings. The van der Waals surface area contributed by atoms with Crippen molar-refractivity contribution in [2.24, 2.45) is 16.7 Å². The van der Waals surface area contributed by atoms with Gasteiger partial charge in [-0.3, -0.25) is 0 Å². The van der Waals surface area contributed by atoms with Crippen molar-refractivity contribution >= 4 is 0 Å². The summed E-state index contributed by atoms with van der Waals surface area (Å²) in [6, 6.07) is 7.35. The second-order valence-corrected chi connectivity index (χ2v) is 11.3. The summed E-state index contributed by atoms with van der Waals surface area (Å²) in [5, 5.41) is 0. The second kappa shape index (κ2) is 4.51. The van der Waals surface area contributed by atoms with Crippen LogP contribution in [0.25, 0.3) is 0 Å². The van der Waals surface area contributed by atoms with Gasteiger partial charge in [0.25, 0.3) is 0 Å². The molecule has 3 atom stereocenters. The van der Waals surface area contributed by atoms with Gasteiger partial charge in [0.2, 0.25) is 0 Å². The fourth-order valence-electron chi connectivity index (χ4n) is 5.76. The van der Waals surface area contributed by atoms with Crippen molar-refractivity contribution in [3.63, 3.8) is 0 Å². The summed E-state index contributed by atoms with van der Waals surface area (Å²) in [7, 11) is 0. The molecule has 0 saturated heterocycles. The van der Waals surface area contributed by atoms with Crippen LogP contribution in [0.2, 0.25) is 0 Å². The van der Waals surface area contributed by atoms with Crippen LogP contribution in [0.3, 0.4) is 0 Å². The monoisotopic (exact) mass is 334 g/mol. The van der Waals surface area contributed by atoms with Crippen molar-refractivity contribution < 1.29 is 0 Å². The van der Waals surface area contributed by atoms with Gasteiger partial charge in [-0.25, -0.2) is 0 Å². The maximum atomic E-state index is 2.67. The number of rotatable bonds is 0. The number of hydrogen-bond acceptors (Lipinski definition) is 0. The number of hydrogen-bond donors (Lipinski definition) is 0. The third-order valence-electron chi connectivity index (χ3n) is 7.40. The van der Waals surface area contributed by atoms with E-state index in [-0.39, 0.29) is 16.2 Å². The normalized spacial score (nSPS) is 32.4. The highest BCUT2D eigenvalue weighted by atomic mass is 14.8. The molecule has 25 heavy (non-hydrogen) atoms. The first kappa shape index (κ1) is 17.1. The fourth-order valence-corrected chi connectivity index (χ4v) is 5.76. The Hall–Kier alpha value is -1.30. The molecule has 0 heteroatoms. The van der Waals surface area contributed by atoms with E-state index in [2.05, 4.69) is 92.7 Å². The van der Waals surface area contributed by atoms with Crippen molar-refractivity contribution in [1.29, 1.82) is 0 Å². The molecule has 0 nitrogen and oxygen atoms in total. The molecule has 0 aromatic heterocycles. The van der Waals surface area contributed by atoms with Gasteiger partial charge in [0, 0.05) is 16.7 Å². The van der Waals surface area contributed by atoms with Crippen LogP contribution in [-0.4, -0.2) is 0 Å². The van der Waals surface area contributed by atoms with Gasteiger partial charge in [-0.2, -0.15) is 0 Å². The Kier molecular flexibility index (Phi) is 3.09. The van der Waals surface area contributed by atoms with Crippen molar-refractivity contribution in [3.8, 4) is 0 Å². The molecule has 0 amide bonds. The summed E-state index contributed by atoms with van der Waals surface area (Å²) in [6.07, 6.45) is 5.15. The Bertz CT molecular complexity index is 817. The summed E-state index contributed by atoms with van der Waals surface area (Å²) < 4.78 is 0. The average Bonchev–Trinajstić information content (AvgIpc) is 3.11. The lowest BCUT2D eigenvalue weighted by Crippen LogP contribution is -2.32. The molecular weight excluding hydrogens is 300 g/mol. The van der Waals surface area contributed by atoms with E-state index in [0.717, 1.165) is 0 Å². The predicted molar refractivity (Wildman–Crippen MR) is 108 cm³/mol. The predicted octanol–water partition coefficient (Wildman–Crippen LogP) is 6.91. The number of fused-ring (bicyclic) bond motifs is 3. The molecule has 4 rings (SSSR count).